The maximum Gasteiger partial charge on any atom is 0.254 e. The van der Waals surface area contributed by atoms with E-state index in [9.17, 15) is 19.2 Å². The second-order valence-corrected chi connectivity index (χ2v) is 11.7. The Bertz CT molecular complexity index is 2010. The number of hydrogen-bond donors (Lipinski definition) is 1. The van der Waals surface area contributed by atoms with E-state index in [1.807, 2.05) is 93.6 Å². The van der Waals surface area contributed by atoms with Gasteiger partial charge in [0.1, 0.15) is 11.4 Å². The van der Waals surface area contributed by atoms with Crippen LogP contribution in [0.5, 0.6) is 0 Å². The van der Waals surface area contributed by atoms with E-state index in [2.05, 4.69) is 6.07 Å². The molecule has 0 fully saturated rings. The van der Waals surface area contributed by atoms with Crippen LogP contribution in [0.15, 0.2) is 126 Å². The number of nitriles is 1. The predicted molar refractivity (Wildman–Crippen MR) is 190 cm³/mol. The summed E-state index contributed by atoms with van der Waals surface area (Å²) in [4.78, 5) is 33.8. The van der Waals surface area contributed by atoms with Crippen LogP contribution in [0.2, 0.25) is 0 Å². The molecule has 1 aliphatic heterocycles. The van der Waals surface area contributed by atoms with Crippen LogP contribution in [0, 0.1) is 17.1 Å². The molecule has 0 saturated carbocycles. The lowest BCUT2D eigenvalue weighted by Crippen LogP contribution is -2.39. The number of carbonyl (C=O) groups excluding carboxylic acids is 2. The summed E-state index contributed by atoms with van der Waals surface area (Å²) in [5.74, 6) is -0.529. The van der Waals surface area contributed by atoms with E-state index in [1.54, 1.807) is 41.3 Å². The number of amides is 2. The average Bonchev–Trinajstić information content (AvgIpc) is 3.59. The number of benzene rings is 5. The van der Waals surface area contributed by atoms with Crippen molar-refractivity contribution in [2.24, 2.45) is 10.7 Å². The van der Waals surface area contributed by atoms with E-state index in [4.69, 9.17) is 10.7 Å². The van der Waals surface area contributed by atoms with E-state index in [1.165, 1.54) is 17.0 Å². The monoisotopic (exact) mass is 651 g/mol. The Morgan fingerprint density at radius 1 is 0.878 bits per heavy atom. The lowest BCUT2D eigenvalue weighted by Gasteiger charge is -2.29. The van der Waals surface area contributed by atoms with E-state index in [-0.39, 0.29) is 18.4 Å². The molecule has 8 heteroatoms. The third-order valence-corrected chi connectivity index (χ3v) is 8.57. The molecule has 1 heterocycles. The van der Waals surface area contributed by atoms with E-state index >= 15 is 0 Å². The topological polar surface area (TPSA) is 103 Å². The molecule has 1 unspecified atom stereocenters. The number of nitrogens with zero attached hydrogens (tertiary/aromatic N) is 4. The smallest absolute Gasteiger partial charge is 0.254 e. The van der Waals surface area contributed by atoms with Crippen molar-refractivity contribution in [2.75, 3.05) is 0 Å². The third-order valence-electron chi connectivity index (χ3n) is 8.57. The molecule has 2 N–H and O–H groups in total. The van der Waals surface area contributed by atoms with Gasteiger partial charge in [0.05, 0.1) is 18.2 Å². The zero-order valence-electron chi connectivity index (χ0n) is 27.8. The Kier molecular flexibility index (Phi) is 10.6. The Morgan fingerprint density at radius 2 is 1.51 bits per heavy atom. The lowest BCUT2D eigenvalue weighted by atomic mass is 9.84. The summed E-state index contributed by atoms with van der Waals surface area (Å²) in [7, 11) is 0. The van der Waals surface area contributed by atoms with E-state index in [0.717, 1.165) is 27.8 Å². The summed E-state index contributed by atoms with van der Waals surface area (Å²) < 4.78 is 14.0. The minimum Gasteiger partial charge on any atom is -0.369 e. The van der Waals surface area contributed by atoms with Gasteiger partial charge >= 0.3 is 0 Å². The highest BCUT2D eigenvalue weighted by molar-refractivity contribution is 5.95. The summed E-state index contributed by atoms with van der Waals surface area (Å²) in [6, 6.07) is 38.3. The van der Waals surface area contributed by atoms with Crippen molar-refractivity contribution in [3.63, 3.8) is 0 Å². The van der Waals surface area contributed by atoms with Gasteiger partial charge in [0.25, 0.3) is 5.91 Å². The highest BCUT2D eigenvalue weighted by Crippen LogP contribution is 2.36. The zero-order valence-corrected chi connectivity index (χ0v) is 27.8. The largest absolute Gasteiger partial charge is 0.369 e. The van der Waals surface area contributed by atoms with Gasteiger partial charge in [-0.25, -0.2) is 9.38 Å². The predicted octanol–water partition coefficient (Wildman–Crippen LogP) is 7.78. The van der Waals surface area contributed by atoms with Crippen LogP contribution in [0.4, 0.5) is 4.39 Å². The highest BCUT2D eigenvalue weighted by Gasteiger charge is 2.31. The van der Waals surface area contributed by atoms with Crippen molar-refractivity contribution in [3.05, 3.63) is 166 Å². The molecule has 7 nitrogen and oxygen atoms in total. The summed E-state index contributed by atoms with van der Waals surface area (Å²) >= 11 is 0. The first-order valence-electron chi connectivity index (χ1n) is 16.2. The maximum absolute atomic E-state index is 14.0. The summed E-state index contributed by atoms with van der Waals surface area (Å²) in [5, 5.41) is 9.41. The van der Waals surface area contributed by atoms with Crippen molar-refractivity contribution >= 4 is 18.3 Å². The molecule has 0 aromatic heterocycles. The van der Waals surface area contributed by atoms with E-state index in [0.29, 0.717) is 41.8 Å². The quantitative estimate of drug-likeness (QED) is 0.105. The van der Waals surface area contributed by atoms with Crippen LogP contribution in [0.1, 0.15) is 64.5 Å². The molecule has 49 heavy (non-hydrogen) atoms. The molecular formula is C41H38FN5O2. The Balaban J connectivity index is 0.00000230. The lowest BCUT2D eigenvalue weighted by molar-refractivity contribution is -0.115. The van der Waals surface area contributed by atoms with Crippen molar-refractivity contribution in [1.29, 1.82) is 5.26 Å². The first kappa shape index (κ1) is 34.3. The molecule has 1 atom stereocenters. The van der Waals surface area contributed by atoms with Crippen LogP contribution in [-0.4, -0.2) is 28.1 Å². The van der Waals surface area contributed by atoms with Crippen LogP contribution in [0.25, 0.3) is 11.1 Å². The molecule has 0 radical (unpaired) electrons. The van der Waals surface area contributed by atoms with Crippen molar-refractivity contribution in [2.45, 2.75) is 45.9 Å². The Hall–Kier alpha value is -6.07. The number of fused-ring (bicyclic) bond motifs is 1. The Morgan fingerprint density at radius 3 is 2.16 bits per heavy atom. The van der Waals surface area contributed by atoms with Gasteiger partial charge in [0.15, 0.2) is 5.96 Å². The van der Waals surface area contributed by atoms with Crippen molar-refractivity contribution in [1.82, 2.24) is 9.80 Å². The number of hydrogen-bond acceptors (Lipinski definition) is 4. The normalized spacial score (nSPS) is 13.3. The fraction of sp³-hybridized carbons (Fsp3) is 0.171. The fourth-order valence-electron chi connectivity index (χ4n) is 5.96. The van der Waals surface area contributed by atoms with Crippen molar-refractivity contribution < 1.29 is 14.0 Å². The number of aliphatic imine (C=N–C) groups is 1. The molecule has 0 saturated heterocycles. The van der Waals surface area contributed by atoms with Gasteiger partial charge in [-0.15, -0.1) is 0 Å². The molecule has 2 amide bonds. The zero-order chi connectivity index (χ0) is 35.0. The summed E-state index contributed by atoms with van der Waals surface area (Å²) in [6.45, 7) is 7.04. The van der Waals surface area contributed by atoms with Gasteiger partial charge in [-0.3, -0.25) is 14.5 Å². The molecule has 246 valence electrons. The number of rotatable bonds is 8. The second-order valence-electron chi connectivity index (χ2n) is 11.7. The number of guanidine groups is 1. The van der Waals surface area contributed by atoms with Crippen LogP contribution < -0.4 is 5.73 Å². The fourth-order valence-corrected chi connectivity index (χ4v) is 5.96. The summed E-state index contributed by atoms with van der Waals surface area (Å²) in [5.41, 5.74) is 12.6. The molecule has 0 bridgehead atoms. The maximum atomic E-state index is 14.0. The van der Waals surface area contributed by atoms with E-state index < -0.39 is 11.4 Å². The van der Waals surface area contributed by atoms with Crippen molar-refractivity contribution in [3.8, 4) is 17.2 Å². The molecule has 0 aliphatic carbocycles. The first-order chi connectivity index (χ1) is 23.8. The number of nitrogens with two attached hydrogens (primary N) is 1. The molecule has 1 aliphatic rings. The first-order valence-corrected chi connectivity index (χ1v) is 16.2. The van der Waals surface area contributed by atoms with Gasteiger partial charge in [0, 0.05) is 18.7 Å². The van der Waals surface area contributed by atoms with Gasteiger partial charge in [-0.2, -0.15) is 5.26 Å². The second kappa shape index (κ2) is 15.2. The average molecular weight is 652 g/mol. The molecule has 5 aromatic rings. The molecule has 6 rings (SSSR count). The van der Waals surface area contributed by atoms with Crippen LogP contribution >= 0.6 is 0 Å². The molecular weight excluding hydrogens is 613 g/mol. The Labute approximate surface area is 286 Å². The van der Waals surface area contributed by atoms with Gasteiger partial charge in [-0.05, 0) is 88.3 Å². The van der Waals surface area contributed by atoms with Gasteiger partial charge < -0.3 is 10.6 Å². The third kappa shape index (κ3) is 7.58. The molecule has 0 spiro atoms. The number of carbonyl (C=O) groups is 2. The SMILES string of the molecule is CC.CC(N=C(N)N(C=O)Cc1cccc(C(=O)N2Cc3ccccc3C2)c1)(c1ccc(F)cc1)c1cccc(-c2cccc(C#N)c2)c1. The van der Waals surface area contributed by atoms with Gasteiger partial charge in [-0.1, -0.05) is 92.7 Å². The minimum absolute atomic E-state index is 0.0459. The minimum atomic E-state index is -1.12. The van der Waals surface area contributed by atoms with Crippen LogP contribution in [0.3, 0.4) is 0 Å². The molecule has 5 aromatic carbocycles. The number of halogens is 1. The standard InChI is InChI=1S/C39H32FN5O2.C2H6/c1-39(34-15-17-36(40)18-16-34,35-14-6-12-30(21-35)29-11-4-7-27(19-29)22-41)43-38(42)45(26-46)23-28-8-5-13-31(20-28)37(47)44-24-32-9-2-3-10-33(32)25-44;1-2/h2-21,26H,23-25H2,1H3,(H2,42,43);1-2H3. The van der Waals surface area contributed by atoms with Crippen LogP contribution in [-0.2, 0) is 30.0 Å². The highest BCUT2D eigenvalue weighted by atomic mass is 19.1. The van der Waals surface area contributed by atoms with Gasteiger partial charge in [0.2, 0.25) is 6.41 Å². The summed E-state index contributed by atoms with van der Waals surface area (Å²) in [6.07, 6.45) is 0.610.